The summed E-state index contributed by atoms with van der Waals surface area (Å²) in [7, 11) is 0. The minimum Gasteiger partial charge on any atom is -0.481 e. The third kappa shape index (κ3) is 3.88. The molecule has 0 aliphatic carbocycles. The number of carboxylic acid groups (broad SMARTS) is 1. The maximum Gasteiger partial charge on any atom is 0.341 e. The number of benzene rings is 2. The van der Waals surface area contributed by atoms with Crippen LogP contribution in [0.25, 0.3) is 6.08 Å². The van der Waals surface area contributed by atoms with Gasteiger partial charge >= 0.3 is 5.97 Å². The normalized spacial score (nSPS) is 15.5. The number of carboxylic acids is 1. The van der Waals surface area contributed by atoms with Crippen molar-refractivity contribution in [3.63, 3.8) is 0 Å². The smallest absolute Gasteiger partial charge is 0.341 e. The summed E-state index contributed by atoms with van der Waals surface area (Å²) in [6.07, 6.45) is 1.55. The molecule has 2 aromatic carbocycles. The molecule has 0 unspecified atom stereocenters. The van der Waals surface area contributed by atoms with Crippen LogP contribution in [0, 0.1) is 13.8 Å². The molecular weight excluding hydrogens is 366 g/mol. The van der Waals surface area contributed by atoms with Crippen LogP contribution < -0.4 is 9.64 Å². The average Bonchev–Trinajstić information content (AvgIpc) is 2.90. The number of aliphatic carboxylic acids is 1. The molecule has 0 atom stereocenters. The van der Waals surface area contributed by atoms with E-state index < -0.39 is 18.5 Å². The van der Waals surface area contributed by atoms with Gasteiger partial charge in [0.15, 0.2) is 6.61 Å². The fraction of sp³-hybridized carbons (Fsp3) is 0.150. The van der Waals surface area contributed by atoms with Gasteiger partial charge in [0.05, 0.1) is 10.6 Å². The van der Waals surface area contributed by atoms with Crippen LogP contribution in [0.5, 0.6) is 5.75 Å². The predicted octanol–water partition coefficient (Wildman–Crippen LogP) is 4.01. The van der Waals surface area contributed by atoms with Crippen LogP contribution in [0.2, 0.25) is 0 Å². The summed E-state index contributed by atoms with van der Waals surface area (Å²) in [5, 5.41) is 8.41. The van der Waals surface area contributed by atoms with Gasteiger partial charge in [-0.15, -0.1) is 0 Å². The van der Waals surface area contributed by atoms with Gasteiger partial charge < -0.3 is 9.84 Å². The highest BCUT2D eigenvalue weighted by Crippen LogP contribution is 2.38. The summed E-state index contributed by atoms with van der Waals surface area (Å²) in [6, 6.07) is 12.2. The molecule has 2 amide bonds. The molecule has 3 rings (SSSR count). The zero-order chi connectivity index (χ0) is 19.6. The standard InChI is InChI=1S/C20H17NO5S/c1-12-6-5-8-15(13(12)2)21-19(24)17(27-20(21)25)10-14-7-3-4-9-16(14)26-11-18(22)23/h3-10H,11H2,1-2H3,(H,22,23)/b17-10+. The Balaban J connectivity index is 1.94. The highest BCUT2D eigenvalue weighted by Gasteiger charge is 2.37. The van der Waals surface area contributed by atoms with E-state index >= 15 is 0 Å². The van der Waals surface area contributed by atoms with Crippen molar-refractivity contribution in [1.29, 1.82) is 0 Å². The first-order valence-electron chi connectivity index (χ1n) is 8.16. The molecule has 0 spiro atoms. The largest absolute Gasteiger partial charge is 0.481 e. The van der Waals surface area contributed by atoms with Gasteiger partial charge in [0.2, 0.25) is 0 Å². The van der Waals surface area contributed by atoms with Crippen LogP contribution >= 0.6 is 11.8 Å². The number of rotatable bonds is 5. The maximum atomic E-state index is 12.8. The lowest BCUT2D eigenvalue weighted by molar-refractivity contribution is -0.139. The monoisotopic (exact) mass is 383 g/mol. The van der Waals surface area contributed by atoms with E-state index in [0.717, 1.165) is 22.9 Å². The molecular formula is C20H17NO5S. The summed E-state index contributed by atoms with van der Waals surface area (Å²) in [5.74, 6) is -1.18. The van der Waals surface area contributed by atoms with E-state index in [4.69, 9.17) is 9.84 Å². The maximum absolute atomic E-state index is 12.8. The second-order valence-electron chi connectivity index (χ2n) is 5.96. The Hall–Kier alpha value is -3.06. The van der Waals surface area contributed by atoms with Crippen molar-refractivity contribution in [2.75, 3.05) is 11.5 Å². The van der Waals surface area contributed by atoms with Crippen LogP contribution in [0.4, 0.5) is 10.5 Å². The van der Waals surface area contributed by atoms with Gasteiger partial charge in [-0.3, -0.25) is 9.59 Å². The number of thioether (sulfide) groups is 1. The lowest BCUT2D eigenvalue weighted by Gasteiger charge is -2.16. The number of hydrogen-bond acceptors (Lipinski definition) is 5. The van der Waals surface area contributed by atoms with Crippen molar-refractivity contribution < 1.29 is 24.2 Å². The number of amides is 2. The van der Waals surface area contributed by atoms with Crippen LogP contribution in [-0.4, -0.2) is 28.8 Å². The molecule has 6 nitrogen and oxygen atoms in total. The number of imide groups is 1. The summed E-state index contributed by atoms with van der Waals surface area (Å²) >= 11 is 0.846. The predicted molar refractivity (Wildman–Crippen MR) is 104 cm³/mol. The Morgan fingerprint density at radius 2 is 1.89 bits per heavy atom. The molecule has 0 radical (unpaired) electrons. The average molecular weight is 383 g/mol. The molecule has 1 heterocycles. The molecule has 27 heavy (non-hydrogen) atoms. The Labute approximate surface area is 160 Å². The molecule has 1 fully saturated rings. The van der Waals surface area contributed by atoms with Gasteiger partial charge in [-0.1, -0.05) is 30.3 Å². The number of anilines is 1. The molecule has 1 aliphatic heterocycles. The molecule has 1 N–H and O–H groups in total. The summed E-state index contributed by atoms with van der Waals surface area (Å²) < 4.78 is 5.25. The van der Waals surface area contributed by atoms with Crippen LogP contribution in [0.1, 0.15) is 16.7 Å². The van der Waals surface area contributed by atoms with Gasteiger partial charge in [-0.05, 0) is 54.9 Å². The third-order valence-electron chi connectivity index (χ3n) is 4.17. The van der Waals surface area contributed by atoms with E-state index in [2.05, 4.69) is 0 Å². The first-order chi connectivity index (χ1) is 12.9. The SMILES string of the molecule is Cc1cccc(N2C(=O)S/C(=C/c3ccccc3OCC(=O)O)C2=O)c1C. The van der Waals surface area contributed by atoms with Crippen molar-refractivity contribution >= 4 is 40.6 Å². The summed E-state index contributed by atoms with van der Waals surface area (Å²) in [6.45, 7) is 3.30. The lowest BCUT2D eigenvalue weighted by atomic mass is 10.1. The molecule has 1 aliphatic rings. The second-order valence-corrected chi connectivity index (χ2v) is 6.95. The van der Waals surface area contributed by atoms with Gasteiger partial charge in [0.1, 0.15) is 5.75 Å². The Kier molecular flexibility index (Phi) is 5.32. The van der Waals surface area contributed by atoms with Crippen molar-refractivity contribution in [2.45, 2.75) is 13.8 Å². The zero-order valence-electron chi connectivity index (χ0n) is 14.8. The molecule has 0 bridgehead atoms. The van der Waals surface area contributed by atoms with E-state index in [9.17, 15) is 14.4 Å². The summed E-state index contributed by atoms with van der Waals surface area (Å²) in [5.41, 5.74) is 2.95. The number of hydrogen-bond donors (Lipinski definition) is 1. The van der Waals surface area contributed by atoms with Gasteiger partial charge in [-0.25, -0.2) is 9.69 Å². The highest BCUT2D eigenvalue weighted by atomic mass is 32.2. The topological polar surface area (TPSA) is 83.9 Å². The number of carbonyl (C=O) groups is 3. The quantitative estimate of drug-likeness (QED) is 0.786. The third-order valence-corrected chi connectivity index (χ3v) is 5.04. The van der Waals surface area contributed by atoms with Crippen molar-refractivity contribution in [2.24, 2.45) is 0 Å². The van der Waals surface area contributed by atoms with E-state index in [1.54, 1.807) is 42.5 Å². The minimum atomic E-state index is -1.10. The van der Waals surface area contributed by atoms with Gasteiger partial charge in [-0.2, -0.15) is 0 Å². The Morgan fingerprint density at radius 1 is 1.15 bits per heavy atom. The molecule has 0 saturated carbocycles. The van der Waals surface area contributed by atoms with Crippen molar-refractivity contribution in [3.8, 4) is 5.75 Å². The Bertz CT molecular complexity index is 967. The van der Waals surface area contributed by atoms with Crippen LogP contribution in [0.3, 0.4) is 0 Å². The molecule has 0 aromatic heterocycles. The fourth-order valence-corrected chi connectivity index (χ4v) is 3.49. The second kappa shape index (κ2) is 7.67. The first-order valence-corrected chi connectivity index (χ1v) is 8.98. The van der Waals surface area contributed by atoms with Gasteiger partial charge in [0.25, 0.3) is 11.1 Å². The molecule has 1 saturated heterocycles. The Morgan fingerprint density at radius 3 is 2.63 bits per heavy atom. The first kappa shape index (κ1) is 18.7. The van der Waals surface area contributed by atoms with E-state index in [1.165, 1.54) is 4.90 Å². The summed E-state index contributed by atoms with van der Waals surface area (Å²) in [4.78, 5) is 37.5. The van der Waals surface area contributed by atoms with Gasteiger partial charge in [0, 0.05) is 5.56 Å². The molecule has 7 heteroatoms. The number of carbonyl (C=O) groups excluding carboxylic acids is 2. The number of aryl methyl sites for hydroxylation is 1. The van der Waals surface area contributed by atoms with Crippen molar-refractivity contribution in [1.82, 2.24) is 0 Å². The van der Waals surface area contributed by atoms with Crippen LogP contribution in [0.15, 0.2) is 47.4 Å². The van der Waals surface area contributed by atoms with Crippen molar-refractivity contribution in [3.05, 3.63) is 64.1 Å². The van der Waals surface area contributed by atoms with E-state index in [1.807, 2.05) is 19.9 Å². The zero-order valence-corrected chi connectivity index (χ0v) is 15.6. The minimum absolute atomic E-state index is 0.257. The molecule has 138 valence electrons. The van der Waals surface area contributed by atoms with Crippen LogP contribution in [-0.2, 0) is 9.59 Å². The molecule has 2 aromatic rings. The van der Waals surface area contributed by atoms with E-state index in [-0.39, 0.29) is 10.1 Å². The number of ether oxygens (including phenoxy) is 1. The number of nitrogens with zero attached hydrogens (tertiary/aromatic N) is 1. The lowest BCUT2D eigenvalue weighted by Crippen LogP contribution is -2.28. The highest BCUT2D eigenvalue weighted by molar-refractivity contribution is 8.19. The number of para-hydroxylation sites is 1. The fourth-order valence-electron chi connectivity index (χ4n) is 2.67. The van der Waals surface area contributed by atoms with E-state index in [0.29, 0.717) is 17.0 Å².